The van der Waals surface area contributed by atoms with E-state index < -0.39 is 0 Å². The van der Waals surface area contributed by atoms with Crippen molar-refractivity contribution in [2.45, 2.75) is 37.6 Å². The van der Waals surface area contributed by atoms with E-state index in [-0.39, 0.29) is 0 Å². The standard InChI is InChI=1S/C29H34N6O/c1-33-15-17-34(18-16-33)23-11-7-22(8-12-23)27-19-26(28-29(30)31-20-32-35(27)28)21-9-13-25(14-10-21)36-24-5-3-2-4-6-24/h2-6,9-10,13-14,19-20,22-23H,7-8,11-12,15-18H2,1H3,(H2,30,31,32). The predicted molar refractivity (Wildman–Crippen MR) is 143 cm³/mol. The molecule has 2 aliphatic rings. The Morgan fingerprint density at radius 1 is 0.861 bits per heavy atom. The number of hydrogen-bond acceptors (Lipinski definition) is 6. The average molecular weight is 483 g/mol. The number of aromatic nitrogens is 3. The zero-order chi connectivity index (χ0) is 24.5. The second-order valence-corrected chi connectivity index (χ2v) is 10.2. The first-order chi connectivity index (χ1) is 17.7. The van der Waals surface area contributed by atoms with Gasteiger partial charge in [0.2, 0.25) is 0 Å². The lowest BCUT2D eigenvalue weighted by Gasteiger charge is -2.41. The molecule has 0 bridgehead atoms. The lowest BCUT2D eigenvalue weighted by molar-refractivity contribution is 0.0874. The van der Waals surface area contributed by atoms with Gasteiger partial charge in [-0.05, 0) is 68.6 Å². The number of rotatable bonds is 5. The van der Waals surface area contributed by atoms with Crippen LogP contribution in [0.25, 0.3) is 16.6 Å². The lowest BCUT2D eigenvalue weighted by Crippen LogP contribution is -2.49. The number of benzene rings is 2. The highest BCUT2D eigenvalue weighted by molar-refractivity contribution is 5.88. The van der Waals surface area contributed by atoms with Crippen LogP contribution in [0.15, 0.2) is 67.0 Å². The molecule has 0 unspecified atom stereocenters. The van der Waals surface area contributed by atoms with Gasteiger partial charge < -0.3 is 15.4 Å². The third kappa shape index (κ3) is 4.56. The second-order valence-electron chi connectivity index (χ2n) is 10.2. The molecule has 1 aliphatic carbocycles. The van der Waals surface area contributed by atoms with Crippen LogP contribution in [0, 0.1) is 0 Å². The summed E-state index contributed by atoms with van der Waals surface area (Å²) < 4.78 is 8.02. The van der Waals surface area contributed by atoms with Gasteiger partial charge in [0.05, 0.1) is 0 Å². The van der Waals surface area contributed by atoms with Crippen LogP contribution in [-0.4, -0.2) is 63.7 Å². The van der Waals surface area contributed by atoms with Crippen LogP contribution in [0.1, 0.15) is 37.3 Å². The quantitative estimate of drug-likeness (QED) is 0.429. The van der Waals surface area contributed by atoms with E-state index in [4.69, 9.17) is 10.5 Å². The molecule has 7 nitrogen and oxygen atoms in total. The minimum Gasteiger partial charge on any atom is -0.457 e. The molecular formula is C29H34N6O. The van der Waals surface area contributed by atoms with E-state index in [2.05, 4.69) is 45.1 Å². The van der Waals surface area contributed by atoms with Crippen LogP contribution in [0.2, 0.25) is 0 Å². The van der Waals surface area contributed by atoms with Crippen LogP contribution in [0.5, 0.6) is 11.5 Å². The molecule has 2 N–H and O–H groups in total. The zero-order valence-corrected chi connectivity index (χ0v) is 20.9. The summed E-state index contributed by atoms with van der Waals surface area (Å²) in [7, 11) is 2.22. The molecule has 0 radical (unpaired) electrons. The van der Waals surface area contributed by atoms with Crippen molar-refractivity contribution in [2.75, 3.05) is 39.0 Å². The number of para-hydroxylation sites is 1. The summed E-state index contributed by atoms with van der Waals surface area (Å²) in [6, 6.07) is 21.0. The molecule has 186 valence electrons. The first-order valence-corrected chi connectivity index (χ1v) is 13.0. The Morgan fingerprint density at radius 3 is 2.28 bits per heavy atom. The number of nitrogens with zero attached hydrogens (tertiary/aromatic N) is 5. The van der Waals surface area contributed by atoms with Crippen molar-refractivity contribution in [1.29, 1.82) is 0 Å². The summed E-state index contributed by atoms with van der Waals surface area (Å²) in [6.45, 7) is 4.74. The maximum atomic E-state index is 6.39. The Morgan fingerprint density at radius 2 is 1.56 bits per heavy atom. The second kappa shape index (κ2) is 9.91. The molecule has 3 heterocycles. The van der Waals surface area contributed by atoms with Gasteiger partial charge in [-0.3, -0.25) is 4.90 Å². The van der Waals surface area contributed by atoms with Crippen LogP contribution in [0.4, 0.5) is 5.82 Å². The molecule has 1 saturated carbocycles. The fraction of sp³-hybridized carbons (Fsp3) is 0.379. The fourth-order valence-corrected chi connectivity index (χ4v) is 5.85. The van der Waals surface area contributed by atoms with Gasteiger partial charge in [0.1, 0.15) is 23.3 Å². The first kappa shape index (κ1) is 23.0. The van der Waals surface area contributed by atoms with Crippen LogP contribution < -0.4 is 10.5 Å². The lowest BCUT2D eigenvalue weighted by atomic mass is 9.83. The number of nitrogen functional groups attached to an aromatic ring is 1. The van der Waals surface area contributed by atoms with Gasteiger partial charge in [0.25, 0.3) is 0 Å². The Kier molecular flexibility index (Phi) is 6.34. The number of fused-ring (bicyclic) bond motifs is 1. The number of piperazine rings is 1. The van der Waals surface area contributed by atoms with Gasteiger partial charge in [-0.25, -0.2) is 9.50 Å². The van der Waals surface area contributed by atoms with Crippen LogP contribution >= 0.6 is 0 Å². The summed E-state index contributed by atoms with van der Waals surface area (Å²) in [5, 5.41) is 4.64. The molecule has 0 spiro atoms. The summed E-state index contributed by atoms with van der Waals surface area (Å²) in [5.74, 6) is 2.62. The molecule has 4 aromatic rings. The van der Waals surface area contributed by atoms with Crippen molar-refractivity contribution >= 4 is 11.3 Å². The molecule has 0 amide bonds. The van der Waals surface area contributed by atoms with E-state index in [1.54, 1.807) is 6.33 Å². The normalized spacial score (nSPS) is 21.6. The summed E-state index contributed by atoms with van der Waals surface area (Å²) >= 11 is 0. The molecule has 1 saturated heterocycles. The summed E-state index contributed by atoms with van der Waals surface area (Å²) in [6.07, 6.45) is 6.40. The highest BCUT2D eigenvalue weighted by atomic mass is 16.5. The topological polar surface area (TPSA) is 71.9 Å². The first-order valence-electron chi connectivity index (χ1n) is 13.0. The van der Waals surface area contributed by atoms with Gasteiger partial charge in [-0.1, -0.05) is 30.3 Å². The molecule has 6 rings (SSSR count). The molecule has 0 atom stereocenters. The third-order valence-electron chi connectivity index (χ3n) is 7.92. The number of hydrogen-bond donors (Lipinski definition) is 1. The third-order valence-corrected chi connectivity index (χ3v) is 7.92. The molecule has 36 heavy (non-hydrogen) atoms. The molecule has 2 aromatic heterocycles. The maximum absolute atomic E-state index is 6.39. The molecule has 2 aromatic carbocycles. The van der Waals surface area contributed by atoms with E-state index in [1.807, 2.05) is 47.0 Å². The SMILES string of the molecule is CN1CCN(C2CCC(c3cc(-c4ccc(Oc5ccccc5)cc4)c4c(N)ncnn34)CC2)CC1. The van der Waals surface area contributed by atoms with Gasteiger partial charge in [0.15, 0.2) is 5.82 Å². The smallest absolute Gasteiger partial charge is 0.151 e. The minimum absolute atomic E-state index is 0.477. The van der Waals surface area contributed by atoms with Gasteiger partial charge >= 0.3 is 0 Å². The zero-order valence-electron chi connectivity index (χ0n) is 20.9. The average Bonchev–Trinajstić information content (AvgIpc) is 3.31. The fourth-order valence-electron chi connectivity index (χ4n) is 5.85. The minimum atomic E-state index is 0.477. The van der Waals surface area contributed by atoms with Crippen molar-refractivity contribution in [2.24, 2.45) is 0 Å². The Balaban J connectivity index is 1.24. The maximum Gasteiger partial charge on any atom is 0.151 e. The monoisotopic (exact) mass is 482 g/mol. The molecule has 2 fully saturated rings. The number of likely N-dealkylation sites (N-methyl/N-ethyl adjacent to an activating group) is 1. The van der Waals surface area contributed by atoms with Gasteiger partial charge in [-0.2, -0.15) is 5.10 Å². The summed E-state index contributed by atoms with van der Waals surface area (Å²) in [5.41, 5.74) is 10.7. The Hall–Kier alpha value is -3.42. The largest absolute Gasteiger partial charge is 0.457 e. The van der Waals surface area contributed by atoms with Crippen molar-refractivity contribution in [1.82, 2.24) is 24.4 Å². The molecule has 1 aliphatic heterocycles. The number of anilines is 1. The van der Waals surface area contributed by atoms with Gasteiger partial charge in [-0.15, -0.1) is 0 Å². The van der Waals surface area contributed by atoms with Crippen molar-refractivity contribution in [3.8, 4) is 22.6 Å². The van der Waals surface area contributed by atoms with E-state index in [0.29, 0.717) is 17.8 Å². The van der Waals surface area contributed by atoms with Crippen molar-refractivity contribution in [3.05, 3.63) is 72.7 Å². The Labute approximate surface area is 212 Å². The Bertz CT molecular complexity index is 1300. The van der Waals surface area contributed by atoms with Crippen molar-refractivity contribution in [3.63, 3.8) is 0 Å². The molecular weight excluding hydrogens is 448 g/mol. The highest BCUT2D eigenvalue weighted by Gasteiger charge is 2.30. The number of nitrogens with two attached hydrogens (primary N) is 1. The van der Waals surface area contributed by atoms with E-state index >= 15 is 0 Å². The highest BCUT2D eigenvalue weighted by Crippen LogP contribution is 2.40. The van der Waals surface area contributed by atoms with Gasteiger partial charge in [0, 0.05) is 49.4 Å². The van der Waals surface area contributed by atoms with Crippen LogP contribution in [-0.2, 0) is 0 Å². The van der Waals surface area contributed by atoms with Crippen LogP contribution in [0.3, 0.4) is 0 Å². The number of ether oxygens (including phenoxy) is 1. The molecule has 7 heteroatoms. The van der Waals surface area contributed by atoms with E-state index in [1.165, 1.54) is 57.6 Å². The van der Waals surface area contributed by atoms with E-state index in [0.717, 1.165) is 28.1 Å². The van der Waals surface area contributed by atoms with E-state index in [9.17, 15) is 0 Å². The van der Waals surface area contributed by atoms with Crippen molar-refractivity contribution < 1.29 is 4.74 Å². The summed E-state index contributed by atoms with van der Waals surface area (Å²) in [4.78, 5) is 9.45. The predicted octanol–water partition coefficient (Wildman–Crippen LogP) is 5.04.